The van der Waals surface area contributed by atoms with Crippen LogP contribution < -0.4 is 11.5 Å². The summed E-state index contributed by atoms with van der Waals surface area (Å²) in [5.74, 6) is 0.868. The molecule has 0 heterocycles. The lowest BCUT2D eigenvalue weighted by atomic mass is 10.0. The summed E-state index contributed by atoms with van der Waals surface area (Å²) < 4.78 is 0. The molecule has 5 heteroatoms. The molecule has 0 saturated carbocycles. The minimum absolute atomic E-state index is 0.386. The van der Waals surface area contributed by atoms with Gasteiger partial charge in [-0.2, -0.15) is 0 Å². The van der Waals surface area contributed by atoms with Crippen LogP contribution in [0.4, 0.5) is 0 Å². The zero-order chi connectivity index (χ0) is 26.7. The number of hydrogen-bond donors (Lipinski definition) is 4. The number of nitrogens with zero attached hydrogens (tertiary/aromatic N) is 1. The Bertz CT molecular complexity index is 893. The van der Waals surface area contributed by atoms with Crippen molar-refractivity contribution in [2.24, 2.45) is 16.5 Å². The van der Waals surface area contributed by atoms with E-state index in [9.17, 15) is 0 Å². The second kappa shape index (κ2) is 19.5. The molecule has 0 radical (unpaired) electrons. The Morgan fingerprint density at radius 1 is 1.03 bits per heavy atom. The maximum Gasteiger partial charge on any atom is 0.126 e. The molecular weight excluding hydrogens is 420 g/mol. The minimum Gasteiger partial charge on any atom is -0.508 e. The van der Waals surface area contributed by atoms with E-state index in [0.29, 0.717) is 17.3 Å². The summed E-state index contributed by atoms with van der Waals surface area (Å²) in [6.07, 6.45) is 4.35. The Labute approximate surface area is 208 Å². The zero-order valence-corrected chi connectivity index (χ0v) is 22.8. The third-order valence-corrected chi connectivity index (χ3v) is 4.87. The van der Waals surface area contributed by atoms with E-state index in [1.807, 2.05) is 58.0 Å². The Hall–Kier alpha value is -2.92. The molecule has 6 N–H and O–H groups in total. The fourth-order valence-corrected chi connectivity index (χ4v) is 2.94. The predicted octanol–water partition coefficient (Wildman–Crippen LogP) is 6.70. The molecule has 5 nitrogen and oxygen atoms in total. The molecular formula is C29H48N4O. The maximum absolute atomic E-state index is 9.14. The molecule has 2 rings (SSSR count). The summed E-state index contributed by atoms with van der Waals surface area (Å²) in [5.41, 5.74) is 17.9. The molecule has 0 atom stereocenters. The van der Waals surface area contributed by atoms with E-state index < -0.39 is 0 Å². The van der Waals surface area contributed by atoms with E-state index in [4.69, 9.17) is 22.0 Å². The van der Waals surface area contributed by atoms with Gasteiger partial charge in [0.15, 0.2) is 0 Å². The molecule has 34 heavy (non-hydrogen) atoms. The number of phenols is 1. The number of phenolic OH excluding ortho intramolecular Hbond substituents is 1. The van der Waals surface area contributed by atoms with E-state index in [0.717, 1.165) is 48.1 Å². The van der Waals surface area contributed by atoms with E-state index in [1.165, 1.54) is 17.6 Å². The second-order valence-electron chi connectivity index (χ2n) is 7.80. The topological polar surface area (TPSA) is 108 Å². The first-order valence-electron chi connectivity index (χ1n) is 12.1. The standard InChI is InChI=1S/C11H15N3.C9H12O.C7H15N.C2H6/c1-7-4-5-9(8(2)12)10(6-7)11(13)14-3;1-3-8-4-5-9(10)7(2)6-8;1-3-4-7(2)5-6-8;1-2/h4-6,12H,1-3H3,(H2,13,14);4-6,10H,3H2,1-2H3;2-6,8H2,1H3;1-2H3. The largest absolute Gasteiger partial charge is 0.508 e. The Balaban J connectivity index is 0. The number of hydrogen-bond acceptors (Lipinski definition) is 4. The van der Waals surface area contributed by atoms with Gasteiger partial charge in [-0.1, -0.05) is 76.1 Å². The predicted molar refractivity (Wildman–Crippen MR) is 152 cm³/mol. The lowest BCUT2D eigenvalue weighted by molar-refractivity contribution is 0.471. The van der Waals surface area contributed by atoms with E-state index in [2.05, 4.69) is 25.4 Å². The molecule has 0 aliphatic carbocycles. The molecule has 0 aliphatic rings. The molecule has 0 aliphatic heterocycles. The van der Waals surface area contributed by atoms with Crippen molar-refractivity contribution < 1.29 is 5.11 Å². The smallest absolute Gasteiger partial charge is 0.126 e. The first-order chi connectivity index (χ1) is 16.1. The van der Waals surface area contributed by atoms with E-state index in [-0.39, 0.29) is 0 Å². The fraction of sp³-hybridized carbons (Fsp3) is 0.448. The van der Waals surface area contributed by atoms with Crippen LogP contribution in [0.1, 0.15) is 81.7 Å². The van der Waals surface area contributed by atoms with Crippen molar-refractivity contribution in [2.75, 3.05) is 13.6 Å². The van der Waals surface area contributed by atoms with Gasteiger partial charge in [-0.25, -0.2) is 0 Å². The van der Waals surface area contributed by atoms with Crippen LogP contribution in [0.25, 0.3) is 0 Å². The number of benzene rings is 2. The van der Waals surface area contributed by atoms with Crippen LogP contribution in [0, 0.1) is 19.3 Å². The fourth-order valence-electron chi connectivity index (χ4n) is 2.94. The number of aliphatic imine (C=N–C) groups is 1. The number of aromatic hydroxyl groups is 1. The lowest BCUT2D eigenvalue weighted by Gasteiger charge is -2.08. The second-order valence-corrected chi connectivity index (χ2v) is 7.80. The highest BCUT2D eigenvalue weighted by Gasteiger charge is 2.07. The van der Waals surface area contributed by atoms with Crippen molar-refractivity contribution in [3.8, 4) is 5.75 Å². The van der Waals surface area contributed by atoms with Gasteiger partial charge in [-0.15, -0.1) is 0 Å². The van der Waals surface area contributed by atoms with Gasteiger partial charge in [0, 0.05) is 23.9 Å². The third kappa shape index (κ3) is 13.6. The number of rotatable bonds is 7. The van der Waals surface area contributed by atoms with Crippen molar-refractivity contribution in [3.63, 3.8) is 0 Å². The van der Waals surface area contributed by atoms with Gasteiger partial charge in [0.2, 0.25) is 0 Å². The van der Waals surface area contributed by atoms with Crippen LogP contribution in [0.5, 0.6) is 5.75 Å². The highest BCUT2D eigenvalue weighted by Crippen LogP contribution is 2.16. The summed E-state index contributed by atoms with van der Waals surface area (Å²) in [5, 5.41) is 16.7. The molecule has 0 unspecified atom stereocenters. The molecule has 2 aromatic carbocycles. The number of aryl methyl sites for hydroxylation is 3. The highest BCUT2D eigenvalue weighted by molar-refractivity contribution is 6.09. The normalized spacial score (nSPS) is 9.97. The van der Waals surface area contributed by atoms with Crippen molar-refractivity contribution in [3.05, 3.63) is 76.4 Å². The Morgan fingerprint density at radius 3 is 2.09 bits per heavy atom. The average molecular weight is 469 g/mol. The van der Waals surface area contributed by atoms with Gasteiger partial charge in [0.25, 0.3) is 0 Å². The zero-order valence-electron chi connectivity index (χ0n) is 22.8. The molecule has 0 amide bonds. The van der Waals surface area contributed by atoms with Crippen molar-refractivity contribution in [1.82, 2.24) is 0 Å². The number of nitrogens with two attached hydrogens (primary N) is 2. The summed E-state index contributed by atoms with van der Waals surface area (Å²) in [4.78, 5) is 3.94. The summed E-state index contributed by atoms with van der Waals surface area (Å²) in [6, 6.07) is 11.5. The minimum atomic E-state index is 0.386. The quantitative estimate of drug-likeness (QED) is 0.206. The van der Waals surface area contributed by atoms with Gasteiger partial charge in [0.1, 0.15) is 11.6 Å². The molecule has 0 spiro atoms. The third-order valence-electron chi connectivity index (χ3n) is 4.87. The van der Waals surface area contributed by atoms with Crippen molar-refractivity contribution in [2.45, 2.75) is 74.1 Å². The average Bonchev–Trinajstić information content (AvgIpc) is 2.82. The molecule has 190 valence electrons. The monoisotopic (exact) mass is 468 g/mol. The molecule has 0 bridgehead atoms. The van der Waals surface area contributed by atoms with Crippen LogP contribution in [0.2, 0.25) is 0 Å². The van der Waals surface area contributed by atoms with Crippen molar-refractivity contribution in [1.29, 1.82) is 5.41 Å². The number of amidine groups is 1. The summed E-state index contributed by atoms with van der Waals surface area (Å²) in [6.45, 7) is 18.5. The molecule has 0 fully saturated rings. The van der Waals surface area contributed by atoms with Gasteiger partial charge in [0.05, 0.1) is 0 Å². The van der Waals surface area contributed by atoms with Gasteiger partial charge in [-0.3, -0.25) is 4.99 Å². The number of nitrogens with one attached hydrogen (secondary N) is 1. The van der Waals surface area contributed by atoms with Crippen LogP contribution >= 0.6 is 0 Å². The molecule has 2 aromatic rings. The lowest BCUT2D eigenvalue weighted by Crippen LogP contribution is -2.17. The first-order valence-corrected chi connectivity index (χ1v) is 12.1. The van der Waals surface area contributed by atoms with E-state index in [1.54, 1.807) is 20.0 Å². The van der Waals surface area contributed by atoms with Gasteiger partial charge in [-0.05, 0) is 69.8 Å². The van der Waals surface area contributed by atoms with E-state index >= 15 is 0 Å². The molecule has 0 saturated heterocycles. The van der Waals surface area contributed by atoms with Crippen molar-refractivity contribution >= 4 is 11.5 Å². The van der Waals surface area contributed by atoms with Crippen LogP contribution in [0.15, 0.2) is 53.5 Å². The Kier molecular flexibility index (Phi) is 19.1. The van der Waals surface area contributed by atoms with Crippen LogP contribution in [-0.2, 0) is 6.42 Å². The summed E-state index contributed by atoms with van der Waals surface area (Å²) in [7, 11) is 1.65. The molecule has 0 aromatic heterocycles. The van der Waals surface area contributed by atoms with Gasteiger partial charge >= 0.3 is 0 Å². The Morgan fingerprint density at radius 2 is 1.65 bits per heavy atom. The first kappa shape index (κ1) is 33.3. The highest BCUT2D eigenvalue weighted by atomic mass is 16.3. The SMILES string of the molecule is C=C(CCC)CCN.CC.CCc1ccc(O)c(C)c1.CN=C(N)c1cc(C)ccc1C(C)=N. The maximum atomic E-state index is 9.14. The van der Waals surface area contributed by atoms with Gasteiger partial charge < -0.3 is 22.0 Å². The summed E-state index contributed by atoms with van der Waals surface area (Å²) >= 11 is 0. The van der Waals surface area contributed by atoms with Crippen LogP contribution in [0.3, 0.4) is 0 Å². The van der Waals surface area contributed by atoms with Crippen LogP contribution in [-0.4, -0.2) is 30.2 Å².